The van der Waals surface area contributed by atoms with E-state index in [1.54, 1.807) is 36.1 Å². The molecule has 2 aromatic carbocycles. The summed E-state index contributed by atoms with van der Waals surface area (Å²) >= 11 is 5.87. The van der Waals surface area contributed by atoms with Crippen LogP contribution in [0.5, 0.6) is 5.75 Å². The third kappa shape index (κ3) is 4.60. The number of nitrogens with one attached hydrogen (secondary N) is 2. The molecular formula is C20H21ClN4O2. The lowest BCUT2D eigenvalue weighted by Crippen LogP contribution is -2.21. The molecule has 3 aromatic rings. The van der Waals surface area contributed by atoms with E-state index in [2.05, 4.69) is 29.6 Å². The molecule has 2 N–H and O–H groups in total. The lowest BCUT2D eigenvalue weighted by Gasteiger charge is -2.11. The third-order valence-corrected chi connectivity index (χ3v) is 4.21. The summed E-state index contributed by atoms with van der Waals surface area (Å²) in [4.78, 5) is 12.4. The van der Waals surface area contributed by atoms with E-state index in [0.29, 0.717) is 22.3 Å². The highest BCUT2D eigenvalue weighted by atomic mass is 35.5. The summed E-state index contributed by atoms with van der Waals surface area (Å²) in [6.45, 7) is 4.10. The molecular weight excluding hydrogens is 364 g/mol. The van der Waals surface area contributed by atoms with Crippen LogP contribution in [0, 0.1) is 0 Å². The average molecular weight is 385 g/mol. The summed E-state index contributed by atoms with van der Waals surface area (Å²) in [6.07, 6.45) is 0. The Morgan fingerprint density at radius 3 is 2.52 bits per heavy atom. The molecule has 0 aliphatic rings. The van der Waals surface area contributed by atoms with Gasteiger partial charge in [-0.1, -0.05) is 31.5 Å². The summed E-state index contributed by atoms with van der Waals surface area (Å²) < 4.78 is 6.98. The Morgan fingerprint density at radius 2 is 1.85 bits per heavy atom. The fourth-order valence-corrected chi connectivity index (χ4v) is 2.65. The number of carbonyl (C=O) groups is 1. The molecule has 0 spiro atoms. The first kappa shape index (κ1) is 18.8. The maximum atomic E-state index is 12.4. The molecule has 0 fully saturated rings. The van der Waals surface area contributed by atoms with Crippen LogP contribution in [0.1, 0.15) is 25.5 Å². The Hall–Kier alpha value is -2.99. The van der Waals surface area contributed by atoms with Gasteiger partial charge >= 0.3 is 6.03 Å². The highest BCUT2D eigenvalue weighted by Crippen LogP contribution is 2.24. The van der Waals surface area contributed by atoms with E-state index in [0.717, 1.165) is 11.4 Å². The van der Waals surface area contributed by atoms with Gasteiger partial charge in [-0.2, -0.15) is 5.10 Å². The number of aromatic nitrogens is 2. The van der Waals surface area contributed by atoms with E-state index in [1.807, 2.05) is 30.3 Å². The van der Waals surface area contributed by atoms with Crippen molar-refractivity contribution in [1.82, 2.24) is 9.78 Å². The van der Waals surface area contributed by atoms with Gasteiger partial charge in [0.2, 0.25) is 0 Å². The zero-order valence-corrected chi connectivity index (χ0v) is 16.1. The van der Waals surface area contributed by atoms with Gasteiger partial charge in [0.15, 0.2) is 0 Å². The van der Waals surface area contributed by atoms with Gasteiger partial charge in [-0.3, -0.25) is 5.32 Å². The SMILES string of the molecule is COc1cccc(-n2nc(C(C)C)cc2NC(=O)Nc2ccc(Cl)cc2)c1. The predicted molar refractivity (Wildman–Crippen MR) is 108 cm³/mol. The minimum absolute atomic E-state index is 0.219. The molecule has 0 bridgehead atoms. The number of hydrogen-bond donors (Lipinski definition) is 2. The number of rotatable bonds is 5. The maximum Gasteiger partial charge on any atom is 0.324 e. The van der Waals surface area contributed by atoms with Gasteiger partial charge in [-0.15, -0.1) is 0 Å². The largest absolute Gasteiger partial charge is 0.497 e. The molecule has 27 heavy (non-hydrogen) atoms. The third-order valence-electron chi connectivity index (χ3n) is 3.96. The first-order valence-corrected chi connectivity index (χ1v) is 8.92. The standard InChI is InChI=1S/C20H21ClN4O2/c1-13(2)18-12-19(23-20(26)22-15-9-7-14(21)8-10-15)25(24-18)16-5-4-6-17(11-16)27-3/h4-13H,1-3H3,(H2,22,23,26). The predicted octanol–water partition coefficient (Wildman–Crippen LogP) is 5.30. The van der Waals surface area contributed by atoms with Crippen molar-refractivity contribution in [3.63, 3.8) is 0 Å². The van der Waals surface area contributed by atoms with E-state index in [9.17, 15) is 4.79 Å². The second-order valence-corrected chi connectivity index (χ2v) is 6.74. The highest BCUT2D eigenvalue weighted by Gasteiger charge is 2.15. The van der Waals surface area contributed by atoms with Crippen LogP contribution in [-0.2, 0) is 0 Å². The van der Waals surface area contributed by atoms with Gasteiger partial charge in [0, 0.05) is 22.8 Å². The number of benzene rings is 2. The molecule has 0 atom stereocenters. The van der Waals surface area contributed by atoms with Crippen LogP contribution in [0.2, 0.25) is 5.02 Å². The highest BCUT2D eigenvalue weighted by molar-refractivity contribution is 6.30. The molecule has 0 unspecified atom stereocenters. The van der Waals surface area contributed by atoms with Crippen LogP contribution >= 0.6 is 11.6 Å². The van der Waals surface area contributed by atoms with Gasteiger partial charge in [0.25, 0.3) is 0 Å². The Bertz CT molecular complexity index is 935. The Labute approximate surface area is 163 Å². The molecule has 2 amide bonds. The van der Waals surface area contributed by atoms with Crippen molar-refractivity contribution in [2.24, 2.45) is 0 Å². The number of carbonyl (C=O) groups excluding carboxylic acids is 1. The minimum atomic E-state index is -0.364. The number of amides is 2. The molecule has 0 radical (unpaired) electrons. The summed E-state index contributed by atoms with van der Waals surface area (Å²) in [5.74, 6) is 1.50. The molecule has 7 heteroatoms. The maximum absolute atomic E-state index is 12.4. The van der Waals surface area contributed by atoms with E-state index in [-0.39, 0.29) is 11.9 Å². The number of ether oxygens (including phenoxy) is 1. The van der Waals surface area contributed by atoms with Crippen LogP contribution in [0.25, 0.3) is 5.69 Å². The lowest BCUT2D eigenvalue weighted by atomic mass is 10.1. The van der Waals surface area contributed by atoms with Crippen LogP contribution in [0.15, 0.2) is 54.6 Å². The minimum Gasteiger partial charge on any atom is -0.497 e. The summed E-state index contributed by atoms with van der Waals surface area (Å²) in [7, 11) is 1.61. The molecule has 0 saturated heterocycles. The average Bonchev–Trinajstić information content (AvgIpc) is 3.07. The van der Waals surface area contributed by atoms with E-state index >= 15 is 0 Å². The molecule has 3 rings (SSSR count). The second kappa shape index (κ2) is 8.14. The fourth-order valence-electron chi connectivity index (χ4n) is 2.52. The lowest BCUT2D eigenvalue weighted by molar-refractivity contribution is 0.262. The van der Waals surface area contributed by atoms with Crippen LogP contribution in [0.4, 0.5) is 16.3 Å². The van der Waals surface area contributed by atoms with Crippen molar-refractivity contribution < 1.29 is 9.53 Å². The van der Waals surface area contributed by atoms with Gasteiger partial charge in [0.1, 0.15) is 11.6 Å². The van der Waals surface area contributed by atoms with E-state index < -0.39 is 0 Å². The van der Waals surface area contributed by atoms with Gasteiger partial charge in [-0.25, -0.2) is 9.48 Å². The quantitative estimate of drug-likeness (QED) is 0.627. The van der Waals surface area contributed by atoms with Crippen molar-refractivity contribution in [2.45, 2.75) is 19.8 Å². The van der Waals surface area contributed by atoms with Gasteiger partial charge in [-0.05, 0) is 42.3 Å². The fraction of sp³-hybridized carbons (Fsp3) is 0.200. The van der Waals surface area contributed by atoms with Crippen LogP contribution < -0.4 is 15.4 Å². The van der Waals surface area contributed by atoms with Crippen molar-refractivity contribution in [2.75, 3.05) is 17.7 Å². The van der Waals surface area contributed by atoms with Crippen molar-refractivity contribution in [3.8, 4) is 11.4 Å². The number of halogens is 1. The Balaban J connectivity index is 1.87. The molecule has 0 saturated carbocycles. The topological polar surface area (TPSA) is 68.2 Å². The zero-order chi connectivity index (χ0) is 19.4. The first-order valence-electron chi connectivity index (χ1n) is 8.54. The molecule has 6 nitrogen and oxygen atoms in total. The number of methoxy groups -OCH3 is 1. The molecule has 1 heterocycles. The monoisotopic (exact) mass is 384 g/mol. The first-order chi connectivity index (χ1) is 13.0. The molecule has 1 aromatic heterocycles. The normalized spacial score (nSPS) is 10.7. The van der Waals surface area contributed by atoms with Gasteiger partial charge in [0.05, 0.1) is 18.5 Å². The number of hydrogen-bond acceptors (Lipinski definition) is 3. The Kier molecular flexibility index (Phi) is 5.66. The molecule has 0 aliphatic heterocycles. The number of anilines is 2. The zero-order valence-electron chi connectivity index (χ0n) is 15.4. The van der Waals surface area contributed by atoms with Crippen LogP contribution in [-0.4, -0.2) is 22.9 Å². The van der Waals surface area contributed by atoms with E-state index in [4.69, 9.17) is 16.3 Å². The number of nitrogens with zero attached hydrogens (tertiary/aromatic N) is 2. The van der Waals surface area contributed by atoms with Crippen molar-refractivity contribution in [1.29, 1.82) is 0 Å². The summed E-state index contributed by atoms with van der Waals surface area (Å²) in [6, 6.07) is 15.9. The smallest absolute Gasteiger partial charge is 0.324 e. The van der Waals surface area contributed by atoms with Crippen molar-refractivity contribution in [3.05, 3.63) is 65.3 Å². The number of urea groups is 1. The molecule has 0 aliphatic carbocycles. The summed E-state index contributed by atoms with van der Waals surface area (Å²) in [5, 5.41) is 10.9. The second-order valence-electron chi connectivity index (χ2n) is 6.31. The molecule has 140 valence electrons. The van der Waals surface area contributed by atoms with Gasteiger partial charge < -0.3 is 10.1 Å². The Morgan fingerprint density at radius 1 is 1.11 bits per heavy atom. The van der Waals surface area contributed by atoms with E-state index in [1.165, 1.54) is 0 Å². The van der Waals surface area contributed by atoms with Crippen LogP contribution in [0.3, 0.4) is 0 Å². The summed E-state index contributed by atoms with van der Waals surface area (Å²) in [5.41, 5.74) is 2.32. The van der Waals surface area contributed by atoms with Crippen molar-refractivity contribution >= 4 is 29.1 Å².